The van der Waals surface area contributed by atoms with Crippen LogP contribution in [0.5, 0.6) is 0 Å². The maximum Gasteiger partial charge on any atom is 0.279 e. The van der Waals surface area contributed by atoms with Crippen molar-refractivity contribution >= 4 is 27.5 Å². The fourth-order valence-electron chi connectivity index (χ4n) is 2.55. The zero-order valence-electron chi connectivity index (χ0n) is 13.5. The monoisotopic (exact) mass is 384 g/mol. The summed E-state index contributed by atoms with van der Waals surface area (Å²) in [5, 5.41) is 2.04. The standard InChI is InChI=1S/C15H17FN4O3S2/c1-17-25(22,23)20-8-6-19(7-9-20)15(21)13-10-24-14(18-13)11-4-2-3-5-12(11)16/h2-5,10,17H,6-9H2,1H3. The van der Waals surface area contributed by atoms with E-state index in [0.717, 1.165) is 0 Å². The maximum atomic E-state index is 13.8. The molecule has 2 aromatic rings. The Labute approximate surface area is 149 Å². The molecule has 0 saturated carbocycles. The number of thiazole rings is 1. The highest BCUT2D eigenvalue weighted by atomic mass is 32.2. The van der Waals surface area contributed by atoms with Crippen LogP contribution in [0.25, 0.3) is 10.6 Å². The van der Waals surface area contributed by atoms with E-state index >= 15 is 0 Å². The number of aromatic nitrogens is 1. The molecule has 0 aliphatic carbocycles. The van der Waals surface area contributed by atoms with Crippen molar-refractivity contribution in [2.75, 3.05) is 33.2 Å². The normalized spacial score (nSPS) is 16.2. The number of hydrogen-bond acceptors (Lipinski definition) is 5. The summed E-state index contributed by atoms with van der Waals surface area (Å²) < 4.78 is 40.9. The summed E-state index contributed by atoms with van der Waals surface area (Å²) in [4.78, 5) is 18.3. The predicted molar refractivity (Wildman–Crippen MR) is 93.0 cm³/mol. The van der Waals surface area contributed by atoms with Crippen molar-refractivity contribution in [3.63, 3.8) is 0 Å². The van der Waals surface area contributed by atoms with Crippen LogP contribution in [0.3, 0.4) is 0 Å². The number of amides is 1. The third-order valence-electron chi connectivity index (χ3n) is 3.95. The highest BCUT2D eigenvalue weighted by molar-refractivity contribution is 7.87. The molecule has 0 radical (unpaired) electrons. The molecule has 0 bridgehead atoms. The molecule has 1 amide bonds. The van der Waals surface area contributed by atoms with Gasteiger partial charge in [-0.25, -0.2) is 14.1 Å². The van der Waals surface area contributed by atoms with Gasteiger partial charge in [-0.2, -0.15) is 12.7 Å². The number of nitrogens with one attached hydrogen (secondary N) is 1. The predicted octanol–water partition coefficient (Wildman–Crippen LogP) is 1.17. The van der Waals surface area contributed by atoms with E-state index < -0.39 is 10.2 Å². The SMILES string of the molecule is CNS(=O)(=O)N1CCN(C(=O)c2csc(-c3ccccc3F)n2)CC1. The van der Waals surface area contributed by atoms with Gasteiger partial charge in [-0.05, 0) is 12.1 Å². The van der Waals surface area contributed by atoms with E-state index in [1.54, 1.807) is 28.5 Å². The van der Waals surface area contributed by atoms with Gasteiger partial charge in [-0.1, -0.05) is 12.1 Å². The number of hydrogen-bond donors (Lipinski definition) is 1. The van der Waals surface area contributed by atoms with Gasteiger partial charge in [0.05, 0.1) is 0 Å². The van der Waals surface area contributed by atoms with Gasteiger partial charge in [0, 0.05) is 44.2 Å². The molecule has 1 aromatic heterocycles. The molecule has 1 saturated heterocycles. The molecule has 3 rings (SSSR count). The number of carbonyl (C=O) groups is 1. The zero-order chi connectivity index (χ0) is 18.0. The van der Waals surface area contributed by atoms with Gasteiger partial charge in [-0.3, -0.25) is 4.79 Å². The van der Waals surface area contributed by atoms with Crippen LogP contribution in [0.2, 0.25) is 0 Å². The van der Waals surface area contributed by atoms with Crippen molar-refractivity contribution in [1.29, 1.82) is 0 Å². The van der Waals surface area contributed by atoms with Crippen LogP contribution in [0.1, 0.15) is 10.5 Å². The Morgan fingerprint density at radius 1 is 1.24 bits per heavy atom. The highest BCUT2D eigenvalue weighted by Crippen LogP contribution is 2.26. The Kier molecular flexibility index (Phi) is 5.13. The van der Waals surface area contributed by atoms with Crippen LogP contribution in [0, 0.1) is 5.82 Å². The van der Waals surface area contributed by atoms with Crippen molar-refractivity contribution < 1.29 is 17.6 Å². The average Bonchev–Trinajstić information content (AvgIpc) is 3.11. The molecule has 7 nitrogen and oxygen atoms in total. The molecule has 1 aromatic carbocycles. The van der Waals surface area contributed by atoms with E-state index in [-0.39, 0.29) is 43.6 Å². The number of rotatable bonds is 4. The van der Waals surface area contributed by atoms with Gasteiger partial charge < -0.3 is 4.90 Å². The van der Waals surface area contributed by atoms with Crippen LogP contribution in [0.15, 0.2) is 29.6 Å². The summed E-state index contributed by atoms with van der Waals surface area (Å²) in [6.07, 6.45) is 0. The Hall–Kier alpha value is -1.88. The van der Waals surface area contributed by atoms with Gasteiger partial charge in [0.2, 0.25) is 0 Å². The second-order valence-electron chi connectivity index (χ2n) is 5.42. The number of nitrogens with zero attached hydrogens (tertiary/aromatic N) is 3. The Morgan fingerprint density at radius 2 is 1.92 bits per heavy atom. The zero-order valence-corrected chi connectivity index (χ0v) is 15.1. The summed E-state index contributed by atoms with van der Waals surface area (Å²) in [6.45, 7) is 1.01. The fraction of sp³-hybridized carbons (Fsp3) is 0.333. The first kappa shape index (κ1) is 17.9. The molecule has 1 fully saturated rings. The Morgan fingerprint density at radius 3 is 2.56 bits per heavy atom. The molecule has 1 aliphatic rings. The minimum Gasteiger partial charge on any atom is -0.335 e. The number of piperazine rings is 1. The molecular formula is C15H17FN4O3S2. The molecule has 10 heteroatoms. The van der Waals surface area contributed by atoms with E-state index in [2.05, 4.69) is 9.71 Å². The number of carbonyl (C=O) groups excluding carboxylic acids is 1. The highest BCUT2D eigenvalue weighted by Gasteiger charge is 2.29. The van der Waals surface area contributed by atoms with Crippen molar-refractivity contribution in [2.24, 2.45) is 0 Å². The van der Waals surface area contributed by atoms with E-state index in [9.17, 15) is 17.6 Å². The first-order valence-electron chi connectivity index (χ1n) is 7.60. The summed E-state index contributed by atoms with van der Waals surface area (Å²) >= 11 is 1.20. The number of halogens is 1. The fourth-order valence-corrected chi connectivity index (χ4v) is 4.28. The van der Waals surface area contributed by atoms with E-state index in [0.29, 0.717) is 10.6 Å². The second-order valence-corrected chi connectivity index (χ2v) is 8.15. The smallest absolute Gasteiger partial charge is 0.279 e. The average molecular weight is 384 g/mol. The van der Waals surface area contributed by atoms with E-state index in [4.69, 9.17) is 0 Å². The molecule has 1 aliphatic heterocycles. The van der Waals surface area contributed by atoms with Gasteiger partial charge in [0.15, 0.2) is 0 Å². The summed E-state index contributed by atoms with van der Waals surface area (Å²) in [7, 11) is -2.13. The molecule has 25 heavy (non-hydrogen) atoms. The van der Waals surface area contributed by atoms with Crippen LogP contribution in [-0.2, 0) is 10.2 Å². The maximum absolute atomic E-state index is 13.8. The molecule has 134 valence electrons. The Balaban J connectivity index is 1.70. The first-order valence-corrected chi connectivity index (χ1v) is 9.92. The number of benzene rings is 1. The third-order valence-corrected chi connectivity index (χ3v) is 6.39. The molecule has 0 spiro atoms. The van der Waals surface area contributed by atoms with Crippen molar-refractivity contribution in [2.45, 2.75) is 0 Å². The van der Waals surface area contributed by atoms with Crippen LogP contribution in [-0.4, -0.2) is 61.7 Å². The van der Waals surface area contributed by atoms with Crippen molar-refractivity contribution in [3.8, 4) is 10.6 Å². The molecule has 2 heterocycles. The van der Waals surface area contributed by atoms with E-state index in [1.807, 2.05) is 0 Å². The molecule has 0 unspecified atom stereocenters. The minimum atomic E-state index is -3.48. The van der Waals surface area contributed by atoms with Crippen LogP contribution >= 0.6 is 11.3 Å². The molecule has 1 N–H and O–H groups in total. The molecule has 0 atom stereocenters. The quantitative estimate of drug-likeness (QED) is 0.858. The lowest BCUT2D eigenvalue weighted by Gasteiger charge is -2.33. The van der Waals surface area contributed by atoms with Gasteiger partial charge in [0.25, 0.3) is 16.1 Å². The van der Waals surface area contributed by atoms with Gasteiger partial charge in [0.1, 0.15) is 16.5 Å². The Bertz CT molecular complexity index is 876. The van der Waals surface area contributed by atoms with Crippen molar-refractivity contribution in [1.82, 2.24) is 18.9 Å². The van der Waals surface area contributed by atoms with Crippen LogP contribution < -0.4 is 4.72 Å². The molecular weight excluding hydrogens is 367 g/mol. The van der Waals surface area contributed by atoms with Gasteiger partial charge >= 0.3 is 0 Å². The summed E-state index contributed by atoms with van der Waals surface area (Å²) in [5.41, 5.74) is 0.602. The largest absolute Gasteiger partial charge is 0.335 e. The second kappa shape index (κ2) is 7.16. The first-order chi connectivity index (χ1) is 11.9. The van der Waals surface area contributed by atoms with E-state index in [1.165, 1.54) is 28.8 Å². The minimum absolute atomic E-state index is 0.221. The van der Waals surface area contributed by atoms with Crippen LogP contribution in [0.4, 0.5) is 4.39 Å². The summed E-state index contributed by atoms with van der Waals surface area (Å²) in [6, 6.07) is 6.27. The lowest BCUT2D eigenvalue weighted by atomic mass is 10.2. The topological polar surface area (TPSA) is 82.6 Å². The summed E-state index contributed by atoms with van der Waals surface area (Å²) in [5.74, 6) is -0.665. The lowest BCUT2D eigenvalue weighted by Crippen LogP contribution is -2.52. The third kappa shape index (κ3) is 3.71. The van der Waals surface area contributed by atoms with Crippen molar-refractivity contribution in [3.05, 3.63) is 41.2 Å². The lowest BCUT2D eigenvalue weighted by molar-refractivity contribution is 0.0692. The van der Waals surface area contributed by atoms with Gasteiger partial charge in [-0.15, -0.1) is 11.3 Å².